The number of piperidine rings is 1. The van der Waals surface area contributed by atoms with Gasteiger partial charge in [0.05, 0.1) is 6.42 Å². The Bertz CT molecular complexity index is 536. The van der Waals surface area contributed by atoms with Gasteiger partial charge < -0.3 is 10.2 Å². The molecule has 1 aromatic carbocycles. The molecular formula is C21H32N2O. The third-order valence-corrected chi connectivity index (χ3v) is 5.56. The molecule has 1 aromatic rings. The van der Waals surface area contributed by atoms with Gasteiger partial charge in [-0.25, -0.2) is 0 Å². The van der Waals surface area contributed by atoms with Crippen molar-refractivity contribution in [3.63, 3.8) is 0 Å². The standard InChI is InChI=1S/C21H32N2O/c1-17-7-5-10-19(13-17)14-21(24)22-20-11-6-12-23(16-20)15-18-8-3-2-4-9-18/h5,7,10,13,18,20H,2-4,6,8-9,11-12,14-16H2,1H3,(H,22,24)/t20-/m1/s1. The topological polar surface area (TPSA) is 32.3 Å². The first-order valence-corrected chi connectivity index (χ1v) is 9.76. The number of amides is 1. The van der Waals surface area contributed by atoms with E-state index >= 15 is 0 Å². The van der Waals surface area contributed by atoms with Crippen LogP contribution >= 0.6 is 0 Å². The maximum Gasteiger partial charge on any atom is 0.224 e. The Hall–Kier alpha value is -1.35. The van der Waals surface area contributed by atoms with Gasteiger partial charge >= 0.3 is 0 Å². The van der Waals surface area contributed by atoms with Crippen LogP contribution in [-0.4, -0.2) is 36.5 Å². The van der Waals surface area contributed by atoms with Crippen molar-refractivity contribution in [2.75, 3.05) is 19.6 Å². The van der Waals surface area contributed by atoms with Crippen LogP contribution in [0.3, 0.4) is 0 Å². The average molecular weight is 329 g/mol. The van der Waals surface area contributed by atoms with Gasteiger partial charge in [-0.15, -0.1) is 0 Å². The predicted molar refractivity (Wildman–Crippen MR) is 99.1 cm³/mol. The maximum absolute atomic E-state index is 12.4. The third-order valence-electron chi connectivity index (χ3n) is 5.56. The fraction of sp³-hybridized carbons (Fsp3) is 0.667. The second-order valence-corrected chi connectivity index (χ2v) is 7.84. The summed E-state index contributed by atoms with van der Waals surface area (Å²) in [6.07, 6.45) is 9.89. The third kappa shape index (κ3) is 5.34. The van der Waals surface area contributed by atoms with E-state index in [-0.39, 0.29) is 5.91 Å². The maximum atomic E-state index is 12.4. The molecule has 1 saturated heterocycles. The lowest BCUT2D eigenvalue weighted by Gasteiger charge is -2.36. The zero-order valence-corrected chi connectivity index (χ0v) is 15.1. The first kappa shape index (κ1) is 17.5. The van der Waals surface area contributed by atoms with Gasteiger partial charge in [-0.2, -0.15) is 0 Å². The van der Waals surface area contributed by atoms with E-state index in [4.69, 9.17) is 0 Å². The molecule has 1 atom stereocenters. The highest BCUT2D eigenvalue weighted by Gasteiger charge is 2.24. The molecule has 2 aliphatic rings. The molecule has 1 aliphatic carbocycles. The number of carbonyl (C=O) groups is 1. The van der Waals surface area contributed by atoms with Crippen molar-refractivity contribution >= 4 is 5.91 Å². The van der Waals surface area contributed by atoms with Crippen LogP contribution in [0.1, 0.15) is 56.1 Å². The van der Waals surface area contributed by atoms with Crippen molar-refractivity contribution in [1.82, 2.24) is 10.2 Å². The minimum absolute atomic E-state index is 0.171. The molecule has 3 rings (SSSR count). The molecule has 0 bridgehead atoms. The molecule has 1 saturated carbocycles. The molecule has 3 heteroatoms. The van der Waals surface area contributed by atoms with Crippen LogP contribution in [0.25, 0.3) is 0 Å². The molecule has 1 aliphatic heterocycles. The molecule has 2 fully saturated rings. The van der Waals surface area contributed by atoms with Crippen molar-refractivity contribution in [1.29, 1.82) is 0 Å². The molecule has 3 nitrogen and oxygen atoms in total. The largest absolute Gasteiger partial charge is 0.352 e. The summed E-state index contributed by atoms with van der Waals surface area (Å²) in [5, 5.41) is 3.27. The predicted octanol–water partition coefficient (Wildman–Crippen LogP) is 3.70. The molecule has 132 valence electrons. The summed E-state index contributed by atoms with van der Waals surface area (Å²) in [7, 11) is 0. The van der Waals surface area contributed by atoms with Gasteiger partial charge in [0.1, 0.15) is 0 Å². The number of hydrogen-bond acceptors (Lipinski definition) is 2. The van der Waals surface area contributed by atoms with Crippen LogP contribution < -0.4 is 5.32 Å². The number of carbonyl (C=O) groups excluding carboxylic acids is 1. The summed E-state index contributed by atoms with van der Waals surface area (Å²) in [4.78, 5) is 15.0. The Kier molecular flexibility index (Phi) is 6.30. The second kappa shape index (κ2) is 8.66. The highest BCUT2D eigenvalue weighted by atomic mass is 16.1. The highest BCUT2D eigenvalue weighted by molar-refractivity contribution is 5.78. The van der Waals surface area contributed by atoms with Crippen LogP contribution in [0.2, 0.25) is 0 Å². The first-order valence-electron chi connectivity index (χ1n) is 9.76. The zero-order valence-electron chi connectivity index (χ0n) is 15.1. The van der Waals surface area contributed by atoms with Crippen LogP contribution in [0.5, 0.6) is 0 Å². The Balaban J connectivity index is 1.45. The first-order chi connectivity index (χ1) is 11.7. The summed E-state index contributed by atoms with van der Waals surface area (Å²) >= 11 is 0. The van der Waals surface area contributed by atoms with E-state index in [1.54, 1.807) is 0 Å². The summed E-state index contributed by atoms with van der Waals surface area (Å²) in [6, 6.07) is 8.59. The van der Waals surface area contributed by atoms with Gasteiger partial charge in [-0.05, 0) is 50.6 Å². The Labute approximate surface area is 146 Å². The number of nitrogens with zero attached hydrogens (tertiary/aromatic N) is 1. The number of hydrogen-bond donors (Lipinski definition) is 1. The average Bonchev–Trinajstić information content (AvgIpc) is 2.56. The Morgan fingerprint density at radius 2 is 2.00 bits per heavy atom. The van der Waals surface area contributed by atoms with Crippen LogP contribution in [-0.2, 0) is 11.2 Å². The second-order valence-electron chi connectivity index (χ2n) is 7.84. The Morgan fingerprint density at radius 1 is 1.17 bits per heavy atom. The van der Waals surface area contributed by atoms with E-state index in [1.807, 2.05) is 12.1 Å². The fourth-order valence-electron chi connectivity index (χ4n) is 4.36. The van der Waals surface area contributed by atoms with Gasteiger partial charge in [-0.3, -0.25) is 4.79 Å². The molecule has 0 radical (unpaired) electrons. The smallest absolute Gasteiger partial charge is 0.224 e. The zero-order chi connectivity index (χ0) is 16.8. The van der Waals surface area contributed by atoms with Gasteiger partial charge in [0.15, 0.2) is 0 Å². The molecule has 0 aromatic heterocycles. The van der Waals surface area contributed by atoms with Gasteiger partial charge in [-0.1, -0.05) is 49.1 Å². The summed E-state index contributed by atoms with van der Waals surface area (Å²) < 4.78 is 0. The van der Waals surface area contributed by atoms with Crippen molar-refractivity contribution in [3.8, 4) is 0 Å². The molecule has 0 unspecified atom stereocenters. The molecular weight excluding hydrogens is 296 g/mol. The lowest BCUT2D eigenvalue weighted by Crippen LogP contribution is -2.49. The normalized spacial score (nSPS) is 23.1. The monoisotopic (exact) mass is 328 g/mol. The van der Waals surface area contributed by atoms with E-state index in [0.717, 1.165) is 24.4 Å². The summed E-state index contributed by atoms with van der Waals surface area (Å²) in [5.74, 6) is 1.06. The van der Waals surface area contributed by atoms with Gasteiger partial charge in [0, 0.05) is 19.1 Å². The van der Waals surface area contributed by atoms with Crippen molar-refractivity contribution in [2.24, 2.45) is 5.92 Å². The van der Waals surface area contributed by atoms with E-state index in [9.17, 15) is 4.79 Å². The van der Waals surface area contributed by atoms with Crippen molar-refractivity contribution in [2.45, 2.75) is 64.3 Å². The summed E-state index contributed by atoms with van der Waals surface area (Å²) in [5.41, 5.74) is 2.33. The molecule has 24 heavy (non-hydrogen) atoms. The molecule has 0 spiro atoms. The van der Waals surface area contributed by atoms with E-state index < -0.39 is 0 Å². The minimum atomic E-state index is 0.171. The molecule has 1 heterocycles. The van der Waals surface area contributed by atoms with Crippen LogP contribution in [0, 0.1) is 12.8 Å². The molecule has 1 N–H and O–H groups in total. The minimum Gasteiger partial charge on any atom is -0.352 e. The number of nitrogens with one attached hydrogen (secondary N) is 1. The summed E-state index contributed by atoms with van der Waals surface area (Å²) in [6.45, 7) is 5.56. The van der Waals surface area contributed by atoms with Gasteiger partial charge in [0.25, 0.3) is 0 Å². The SMILES string of the molecule is Cc1cccc(CC(=O)N[C@@H]2CCCN(CC3CCCCC3)C2)c1. The van der Waals surface area contributed by atoms with Crippen molar-refractivity contribution in [3.05, 3.63) is 35.4 Å². The van der Waals surface area contributed by atoms with E-state index in [1.165, 1.54) is 57.2 Å². The van der Waals surface area contributed by atoms with Crippen LogP contribution in [0.4, 0.5) is 0 Å². The van der Waals surface area contributed by atoms with Gasteiger partial charge in [0.2, 0.25) is 5.91 Å². The Morgan fingerprint density at radius 3 is 2.79 bits per heavy atom. The quantitative estimate of drug-likeness (QED) is 0.894. The lowest BCUT2D eigenvalue weighted by atomic mass is 9.88. The number of benzene rings is 1. The number of likely N-dealkylation sites (tertiary alicyclic amines) is 1. The van der Waals surface area contributed by atoms with Crippen LogP contribution in [0.15, 0.2) is 24.3 Å². The lowest BCUT2D eigenvalue weighted by molar-refractivity contribution is -0.121. The van der Waals surface area contributed by atoms with E-state index in [2.05, 4.69) is 29.3 Å². The molecule has 1 amide bonds. The highest BCUT2D eigenvalue weighted by Crippen LogP contribution is 2.25. The number of rotatable bonds is 5. The van der Waals surface area contributed by atoms with Crippen molar-refractivity contribution < 1.29 is 4.79 Å². The fourth-order valence-corrected chi connectivity index (χ4v) is 4.36. The van der Waals surface area contributed by atoms with E-state index in [0.29, 0.717) is 12.5 Å². The number of aryl methyl sites for hydroxylation is 1.